The molecule has 0 saturated carbocycles. The Balaban J connectivity index is 5.20. The minimum atomic E-state index is -2.38. The first-order valence-electron chi connectivity index (χ1n) is 10.3. The van der Waals surface area contributed by atoms with Crippen molar-refractivity contribution in [3.8, 4) is 11.5 Å². The van der Waals surface area contributed by atoms with Crippen LogP contribution in [0.15, 0.2) is 10.2 Å². The van der Waals surface area contributed by atoms with E-state index in [9.17, 15) is 10.2 Å². The topological polar surface area (TPSA) is 40.5 Å². The zero-order valence-electron chi connectivity index (χ0n) is 17.6. The predicted molar refractivity (Wildman–Crippen MR) is 117 cm³/mol. The summed E-state index contributed by atoms with van der Waals surface area (Å²) in [6, 6.07) is 0. The van der Waals surface area contributed by atoms with Gasteiger partial charge < -0.3 is 0 Å². The molecule has 0 aliphatic rings. The fraction of sp³-hybridized carbons (Fsp3) is 0.810. The van der Waals surface area contributed by atoms with E-state index < -0.39 is 38.7 Å². The van der Waals surface area contributed by atoms with Crippen molar-refractivity contribution in [2.75, 3.05) is 0 Å². The molecule has 25 heavy (non-hydrogen) atoms. The van der Waals surface area contributed by atoms with E-state index in [2.05, 4.69) is 56.0 Å². The van der Waals surface area contributed by atoms with E-state index >= 15 is 0 Å². The zero-order valence-corrected chi connectivity index (χ0v) is 21.4. The van der Waals surface area contributed by atoms with Gasteiger partial charge in [0.05, 0.1) is 0 Å². The third-order valence-electron chi connectivity index (χ3n) is 4.65. The van der Waals surface area contributed by atoms with Crippen molar-refractivity contribution in [2.24, 2.45) is 0 Å². The summed E-state index contributed by atoms with van der Waals surface area (Å²) in [5, 5.41) is 20.5. The van der Waals surface area contributed by atoms with Gasteiger partial charge in [0.25, 0.3) is 0 Å². The van der Waals surface area contributed by atoms with Crippen molar-refractivity contribution in [1.29, 1.82) is 0 Å². The van der Waals surface area contributed by atoms with Crippen LogP contribution in [0.3, 0.4) is 0 Å². The molecule has 0 aromatic carbocycles. The average Bonchev–Trinajstić information content (AvgIpc) is 2.57. The SMILES string of the molecule is CCC[CH2][Sn](/[CH]=C/[C@@H](O)[C@H](O)C#C[Si](C)(C)C)([CH2]CCC)[CH2]CCC. The van der Waals surface area contributed by atoms with Gasteiger partial charge in [0.2, 0.25) is 0 Å². The second kappa shape index (κ2) is 13.4. The van der Waals surface area contributed by atoms with Gasteiger partial charge in [-0.2, -0.15) is 0 Å². The third-order valence-corrected chi connectivity index (χ3v) is 19.7. The average molecular weight is 473 g/mol. The van der Waals surface area contributed by atoms with Gasteiger partial charge in [-0.3, -0.25) is 0 Å². The summed E-state index contributed by atoms with van der Waals surface area (Å²) in [4.78, 5) is 0. The van der Waals surface area contributed by atoms with Crippen LogP contribution >= 0.6 is 0 Å². The Labute approximate surface area is 162 Å². The van der Waals surface area contributed by atoms with Crippen molar-refractivity contribution in [3.63, 3.8) is 0 Å². The van der Waals surface area contributed by atoms with Crippen molar-refractivity contribution < 1.29 is 10.2 Å². The summed E-state index contributed by atoms with van der Waals surface area (Å²) in [5.41, 5.74) is 3.16. The van der Waals surface area contributed by atoms with Gasteiger partial charge in [-0.15, -0.1) is 0 Å². The van der Waals surface area contributed by atoms with E-state index in [-0.39, 0.29) is 0 Å². The number of hydrogen-bond donors (Lipinski definition) is 2. The molecule has 4 heteroatoms. The standard InChI is InChI=1S/C9H15O2Si.3C4H9.Sn/c1-5-8(10)9(11)6-7-12(2,3)4;3*1-3-4-2;/h1,5,8-11H,2-4H3;3*1,3-4H2,2H3;/t8-,9-;;;;/m1..../s1. The molecule has 0 aromatic rings. The molecular formula is C21H42O2SiSn. The van der Waals surface area contributed by atoms with E-state index in [1.54, 1.807) is 0 Å². The summed E-state index contributed by atoms with van der Waals surface area (Å²) >= 11 is -2.38. The summed E-state index contributed by atoms with van der Waals surface area (Å²) in [5.74, 6) is 2.88. The Morgan fingerprint density at radius 1 is 0.880 bits per heavy atom. The van der Waals surface area contributed by atoms with Crippen LogP contribution in [0, 0.1) is 11.5 Å². The second-order valence-corrected chi connectivity index (χ2v) is 26.2. The molecule has 0 spiro atoms. The van der Waals surface area contributed by atoms with Crippen LogP contribution in [-0.2, 0) is 0 Å². The molecule has 0 saturated heterocycles. The first-order chi connectivity index (χ1) is 11.7. The van der Waals surface area contributed by atoms with E-state index in [1.165, 1.54) is 51.8 Å². The Hall–Kier alpha value is 0.236. The molecule has 2 atom stereocenters. The molecule has 0 unspecified atom stereocenters. The van der Waals surface area contributed by atoms with E-state index in [1.807, 2.05) is 6.08 Å². The Morgan fingerprint density at radius 2 is 1.32 bits per heavy atom. The van der Waals surface area contributed by atoms with Gasteiger partial charge in [0, 0.05) is 0 Å². The third kappa shape index (κ3) is 12.3. The van der Waals surface area contributed by atoms with Crippen LogP contribution in [0.1, 0.15) is 59.3 Å². The van der Waals surface area contributed by atoms with Crippen LogP contribution in [0.4, 0.5) is 0 Å². The summed E-state index contributed by atoms with van der Waals surface area (Å²) in [6.45, 7) is 13.3. The van der Waals surface area contributed by atoms with Crippen molar-refractivity contribution in [2.45, 2.75) is 104 Å². The Morgan fingerprint density at radius 3 is 1.68 bits per heavy atom. The maximum absolute atomic E-state index is 10.4. The van der Waals surface area contributed by atoms with Gasteiger partial charge >= 0.3 is 163 Å². The van der Waals surface area contributed by atoms with Gasteiger partial charge in [-0.05, 0) is 0 Å². The molecule has 0 bridgehead atoms. The second-order valence-electron chi connectivity index (χ2n) is 8.49. The number of rotatable bonds is 12. The molecule has 0 rings (SSSR count). The Kier molecular flexibility index (Phi) is 13.5. The molecule has 0 aliphatic carbocycles. The Bertz CT molecular complexity index is 410. The van der Waals surface area contributed by atoms with Crippen LogP contribution in [-0.4, -0.2) is 48.9 Å². The maximum atomic E-state index is 10.4. The summed E-state index contributed by atoms with van der Waals surface area (Å²) < 4.78 is 6.56. The first kappa shape index (κ1) is 25.2. The number of aliphatic hydroxyl groups excluding tert-OH is 2. The van der Waals surface area contributed by atoms with Gasteiger partial charge in [-0.1, -0.05) is 0 Å². The molecule has 146 valence electrons. The van der Waals surface area contributed by atoms with E-state index in [0.29, 0.717) is 0 Å². The molecule has 0 amide bonds. The van der Waals surface area contributed by atoms with Crippen LogP contribution in [0.2, 0.25) is 33.0 Å². The van der Waals surface area contributed by atoms with Crippen LogP contribution in [0.25, 0.3) is 0 Å². The van der Waals surface area contributed by atoms with Crippen molar-refractivity contribution in [3.05, 3.63) is 10.2 Å². The van der Waals surface area contributed by atoms with Gasteiger partial charge in [0.1, 0.15) is 0 Å². The first-order valence-corrected chi connectivity index (χ1v) is 21.5. The molecule has 0 aromatic heterocycles. The molecule has 0 fully saturated rings. The van der Waals surface area contributed by atoms with Crippen LogP contribution < -0.4 is 0 Å². The van der Waals surface area contributed by atoms with Gasteiger partial charge in [0.15, 0.2) is 0 Å². The number of aliphatic hydroxyl groups is 2. The molecule has 2 N–H and O–H groups in total. The van der Waals surface area contributed by atoms with Crippen molar-refractivity contribution in [1.82, 2.24) is 0 Å². The number of hydrogen-bond acceptors (Lipinski definition) is 2. The zero-order chi connectivity index (χ0) is 19.3. The fourth-order valence-electron chi connectivity index (χ4n) is 3.00. The van der Waals surface area contributed by atoms with Gasteiger partial charge in [-0.25, -0.2) is 0 Å². The van der Waals surface area contributed by atoms with E-state index in [0.717, 1.165) is 0 Å². The minimum absolute atomic E-state index is 0.843. The summed E-state index contributed by atoms with van der Waals surface area (Å²) in [7, 11) is -1.52. The molecular weight excluding hydrogens is 431 g/mol. The fourth-order valence-corrected chi connectivity index (χ4v) is 17.9. The monoisotopic (exact) mass is 474 g/mol. The molecule has 0 aliphatic heterocycles. The molecule has 0 radical (unpaired) electrons. The van der Waals surface area contributed by atoms with E-state index in [4.69, 9.17) is 0 Å². The summed E-state index contributed by atoms with van der Waals surface area (Å²) in [6.07, 6.45) is 7.78. The normalized spacial score (nSPS) is 15.0. The molecule has 0 heterocycles. The molecule has 2 nitrogen and oxygen atoms in total. The van der Waals surface area contributed by atoms with Crippen molar-refractivity contribution >= 4 is 26.5 Å². The van der Waals surface area contributed by atoms with Crippen LogP contribution in [0.5, 0.6) is 0 Å². The predicted octanol–water partition coefficient (Wildman–Crippen LogP) is 5.53. The number of unbranched alkanes of at least 4 members (excludes halogenated alkanes) is 3. The quantitative estimate of drug-likeness (QED) is 0.289.